The molecule has 6 nitrogen and oxygen atoms in total. The van der Waals surface area contributed by atoms with Crippen LogP contribution in [0.15, 0.2) is 15.3 Å². The fraction of sp³-hybridized carbons (Fsp3) is 0. The molecule has 2 rings (SSSR count). The van der Waals surface area contributed by atoms with Crippen LogP contribution < -0.4 is 5.56 Å². The smallest absolute Gasteiger partial charge is 0.343 e. The zero-order valence-electron chi connectivity index (χ0n) is 6.54. The second-order valence-corrected chi connectivity index (χ2v) is 4.04. The fourth-order valence-electron chi connectivity index (χ4n) is 0.923. The Kier molecular flexibility index (Phi) is 2.01. The first-order chi connectivity index (χ1) is 6.59. The van der Waals surface area contributed by atoms with Crippen molar-refractivity contribution in [1.29, 1.82) is 0 Å². The summed E-state index contributed by atoms with van der Waals surface area (Å²) >= 11 is 5.04. The molecular formula is C6H3N3O3S2. The van der Waals surface area contributed by atoms with Crippen LogP contribution in [0.2, 0.25) is 0 Å². The lowest BCUT2D eigenvalue weighted by molar-refractivity contribution is 0.0694. The summed E-state index contributed by atoms with van der Waals surface area (Å²) in [6, 6.07) is 0. The molecule has 0 aliphatic heterocycles. The fourth-order valence-corrected chi connectivity index (χ4v) is 1.86. The van der Waals surface area contributed by atoms with Gasteiger partial charge in [0.1, 0.15) is 5.56 Å². The van der Waals surface area contributed by atoms with Gasteiger partial charge in [0.25, 0.3) is 5.56 Å². The quantitative estimate of drug-likeness (QED) is 0.679. The maximum absolute atomic E-state index is 11.4. The van der Waals surface area contributed by atoms with E-state index < -0.39 is 17.1 Å². The molecule has 8 heteroatoms. The van der Waals surface area contributed by atoms with E-state index in [1.165, 1.54) is 0 Å². The third-order valence-corrected chi connectivity index (χ3v) is 2.60. The van der Waals surface area contributed by atoms with Crippen molar-refractivity contribution in [2.24, 2.45) is 0 Å². The second-order valence-electron chi connectivity index (χ2n) is 2.36. The SMILES string of the molecule is O=C(O)c1cnc2sc(S)nn2c1=O. The van der Waals surface area contributed by atoms with Gasteiger partial charge >= 0.3 is 5.97 Å². The maximum atomic E-state index is 11.4. The molecule has 2 heterocycles. The molecule has 2 aromatic rings. The molecule has 0 spiro atoms. The van der Waals surface area contributed by atoms with E-state index in [-0.39, 0.29) is 0 Å². The Balaban J connectivity index is 2.88. The Morgan fingerprint density at radius 3 is 3.00 bits per heavy atom. The first-order valence-electron chi connectivity index (χ1n) is 3.41. The third kappa shape index (κ3) is 1.28. The number of hydrogen-bond donors (Lipinski definition) is 2. The number of carboxylic acids is 1. The van der Waals surface area contributed by atoms with Crippen LogP contribution >= 0.6 is 24.0 Å². The van der Waals surface area contributed by atoms with Crippen molar-refractivity contribution in [2.75, 3.05) is 0 Å². The van der Waals surface area contributed by atoms with Crippen molar-refractivity contribution in [2.45, 2.75) is 4.34 Å². The average molecular weight is 229 g/mol. The van der Waals surface area contributed by atoms with Crippen molar-refractivity contribution in [3.63, 3.8) is 0 Å². The minimum atomic E-state index is -1.31. The monoisotopic (exact) mass is 229 g/mol. The first-order valence-corrected chi connectivity index (χ1v) is 4.67. The number of fused-ring (bicyclic) bond motifs is 1. The minimum absolute atomic E-state index is 0.324. The van der Waals surface area contributed by atoms with Gasteiger partial charge in [-0.2, -0.15) is 4.52 Å². The maximum Gasteiger partial charge on any atom is 0.343 e. The predicted octanol–water partition coefficient (Wildman–Crippen LogP) is 0.138. The molecule has 0 saturated carbocycles. The van der Waals surface area contributed by atoms with Gasteiger partial charge in [-0.25, -0.2) is 9.78 Å². The molecule has 0 aliphatic carbocycles. The number of nitrogens with zero attached hydrogens (tertiary/aromatic N) is 3. The molecular weight excluding hydrogens is 226 g/mol. The van der Waals surface area contributed by atoms with Gasteiger partial charge < -0.3 is 5.11 Å². The summed E-state index contributed by atoms with van der Waals surface area (Å²) in [4.78, 5) is 26.1. The summed E-state index contributed by atoms with van der Waals surface area (Å²) in [7, 11) is 0. The zero-order valence-corrected chi connectivity index (χ0v) is 8.25. The number of hydrogen-bond acceptors (Lipinski definition) is 6. The van der Waals surface area contributed by atoms with E-state index in [4.69, 9.17) is 5.11 Å². The molecule has 14 heavy (non-hydrogen) atoms. The normalized spacial score (nSPS) is 10.6. The Labute approximate surface area is 86.2 Å². The topological polar surface area (TPSA) is 84.6 Å². The lowest BCUT2D eigenvalue weighted by Gasteiger charge is -1.92. The van der Waals surface area contributed by atoms with Crippen LogP contribution in [-0.2, 0) is 0 Å². The Bertz CT molecular complexity index is 573. The van der Waals surface area contributed by atoms with Crippen molar-refractivity contribution in [3.8, 4) is 0 Å². The highest BCUT2D eigenvalue weighted by atomic mass is 32.2. The van der Waals surface area contributed by atoms with Crippen molar-refractivity contribution in [1.82, 2.24) is 14.6 Å². The predicted molar refractivity (Wildman–Crippen MR) is 51.3 cm³/mol. The van der Waals surface area contributed by atoms with E-state index in [9.17, 15) is 9.59 Å². The molecule has 0 aliphatic rings. The van der Waals surface area contributed by atoms with Gasteiger partial charge in [0.05, 0.1) is 6.20 Å². The van der Waals surface area contributed by atoms with Crippen LogP contribution in [0.3, 0.4) is 0 Å². The van der Waals surface area contributed by atoms with Crippen LogP contribution in [-0.4, -0.2) is 25.7 Å². The molecule has 0 amide bonds. The lowest BCUT2D eigenvalue weighted by atomic mass is 10.3. The summed E-state index contributed by atoms with van der Waals surface area (Å²) in [5.74, 6) is -1.31. The Morgan fingerprint density at radius 1 is 1.64 bits per heavy atom. The van der Waals surface area contributed by atoms with Gasteiger partial charge in [-0.15, -0.1) is 17.7 Å². The number of carboxylic acid groups (broad SMARTS) is 1. The summed E-state index contributed by atoms with van der Waals surface area (Å²) in [6.07, 6.45) is 1.02. The molecule has 0 saturated heterocycles. The summed E-state index contributed by atoms with van der Waals surface area (Å²) in [5, 5.41) is 12.4. The standard InChI is InChI=1S/C6H3N3O3S2/c10-3-2(4(11)12)1-7-5-9(3)8-6(13)14-5/h1H,(H,8,13)(H,11,12). The lowest BCUT2D eigenvalue weighted by Crippen LogP contribution is -2.22. The molecule has 0 bridgehead atoms. The number of aromatic carboxylic acids is 1. The molecule has 0 fully saturated rings. The third-order valence-electron chi connectivity index (χ3n) is 1.51. The number of aromatic nitrogens is 3. The van der Waals surface area contributed by atoms with E-state index >= 15 is 0 Å². The van der Waals surface area contributed by atoms with Gasteiger partial charge in [0, 0.05) is 0 Å². The largest absolute Gasteiger partial charge is 0.477 e. The highest BCUT2D eigenvalue weighted by Crippen LogP contribution is 2.13. The average Bonchev–Trinajstić information content (AvgIpc) is 2.46. The second kappa shape index (κ2) is 3.07. The molecule has 0 unspecified atom stereocenters. The number of thiol groups is 1. The van der Waals surface area contributed by atoms with Crippen molar-refractivity contribution >= 4 is 34.9 Å². The molecule has 0 radical (unpaired) electrons. The van der Waals surface area contributed by atoms with Gasteiger partial charge in [0.15, 0.2) is 4.34 Å². The zero-order chi connectivity index (χ0) is 10.3. The van der Waals surface area contributed by atoms with Crippen molar-refractivity contribution < 1.29 is 9.90 Å². The summed E-state index contributed by atoms with van der Waals surface area (Å²) in [5.41, 5.74) is -1.10. The molecule has 1 N–H and O–H groups in total. The van der Waals surface area contributed by atoms with Crippen LogP contribution in [0.25, 0.3) is 4.96 Å². The summed E-state index contributed by atoms with van der Waals surface area (Å²) < 4.78 is 1.29. The first kappa shape index (κ1) is 9.16. The van der Waals surface area contributed by atoms with Crippen LogP contribution in [0, 0.1) is 0 Å². The van der Waals surface area contributed by atoms with E-state index in [0.717, 1.165) is 22.0 Å². The molecule has 2 aromatic heterocycles. The highest BCUT2D eigenvalue weighted by molar-refractivity contribution is 7.82. The Morgan fingerprint density at radius 2 is 2.36 bits per heavy atom. The van der Waals surface area contributed by atoms with Crippen LogP contribution in [0.5, 0.6) is 0 Å². The van der Waals surface area contributed by atoms with E-state index in [1.54, 1.807) is 0 Å². The van der Waals surface area contributed by atoms with Crippen LogP contribution in [0.4, 0.5) is 0 Å². The van der Waals surface area contributed by atoms with Gasteiger partial charge in [0.2, 0.25) is 4.96 Å². The molecule has 72 valence electrons. The van der Waals surface area contributed by atoms with Crippen molar-refractivity contribution in [3.05, 3.63) is 22.1 Å². The van der Waals surface area contributed by atoms with Gasteiger partial charge in [-0.3, -0.25) is 4.79 Å². The minimum Gasteiger partial charge on any atom is -0.477 e. The van der Waals surface area contributed by atoms with Gasteiger partial charge in [-0.05, 0) is 0 Å². The van der Waals surface area contributed by atoms with E-state index in [1.807, 2.05) is 0 Å². The van der Waals surface area contributed by atoms with E-state index in [0.29, 0.717) is 9.30 Å². The highest BCUT2D eigenvalue weighted by Gasteiger charge is 2.13. The molecule has 0 atom stereocenters. The Hall–Kier alpha value is -1.41. The van der Waals surface area contributed by atoms with Gasteiger partial charge in [-0.1, -0.05) is 11.3 Å². The number of carbonyl (C=O) groups is 1. The van der Waals surface area contributed by atoms with E-state index in [2.05, 4.69) is 22.7 Å². The molecule has 0 aromatic carbocycles. The van der Waals surface area contributed by atoms with Crippen LogP contribution in [0.1, 0.15) is 10.4 Å². The number of rotatable bonds is 1. The summed E-state index contributed by atoms with van der Waals surface area (Å²) in [6.45, 7) is 0.